The molecule has 3 aromatic rings. The van der Waals surface area contributed by atoms with Crippen molar-refractivity contribution in [2.45, 2.75) is 0 Å². The standard InChI is InChI=1S/C17H12ClFN4O2/c18-13-7-12(4-5-14(13)19)23-16-8-15(20-9-21-16)22-11-3-1-2-10(6-11)17(24)25/h1-9H,(H,24,25)(H2,20,21,22,23). The number of carboxylic acids is 1. The van der Waals surface area contributed by atoms with Gasteiger partial charge in [0.2, 0.25) is 0 Å². The Bertz CT molecular complexity index is 936. The average Bonchev–Trinajstić information content (AvgIpc) is 2.59. The molecule has 0 saturated carbocycles. The van der Waals surface area contributed by atoms with Crippen molar-refractivity contribution in [1.82, 2.24) is 9.97 Å². The number of nitrogens with zero attached hydrogens (tertiary/aromatic N) is 2. The van der Waals surface area contributed by atoms with Crippen LogP contribution in [0.4, 0.5) is 27.4 Å². The Morgan fingerprint density at radius 2 is 1.68 bits per heavy atom. The number of halogens is 2. The molecular weight excluding hydrogens is 347 g/mol. The molecule has 25 heavy (non-hydrogen) atoms. The number of benzene rings is 2. The van der Waals surface area contributed by atoms with Crippen LogP contribution in [0.1, 0.15) is 10.4 Å². The van der Waals surface area contributed by atoms with Gasteiger partial charge in [-0.1, -0.05) is 17.7 Å². The molecule has 3 rings (SSSR count). The SMILES string of the molecule is O=C(O)c1cccc(Nc2cc(Nc3ccc(F)c(Cl)c3)ncn2)c1. The zero-order valence-electron chi connectivity index (χ0n) is 12.7. The van der Waals surface area contributed by atoms with Crippen LogP contribution in [0.25, 0.3) is 0 Å². The quantitative estimate of drug-likeness (QED) is 0.624. The Balaban J connectivity index is 1.78. The van der Waals surface area contributed by atoms with Crippen molar-refractivity contribution in [3.05, 3.63) is 71.3 Å². The van der Waals surface area contributed by atoms with Crippen molar-refractivity contribution in [1.29, 1.82) is 0 Å². The Morgan fingerprint density at radius 1 is 1.00 bits per heavy atom. The lowest BCUT2D eigenvalue weighted by molar-refractivity contribution is 0.0697. The van der Waals surface area contributed by atoms with E-state index in [1.807, 2.05) is 0 Å². The molecule has 0 radical (unpaired) electrons. The number of aromatic carboxylic acids is 1. The number of nitrogens with one attached hydrogen (secondary N) is 2. The van der Waals surface area contributed by atoms with E-state index in [1.165, 1.54) is 36.7 Å². The summed E-state index contributed by atoms with van der Waals surface area (Å²) in [7, 11) is 0. The third-order valence-electron chi connectivity index (χ3n) is 3.24. The third-order valence-corrected chi connectivity index (χ3v) is 3.53. The molecule has 8 heteroatoms. The van der Waals surface area contributed by atoms with Crippen molar-refractivity contribution >= 4 is 40.6 Å². The number of aromatic nitrogens is 2. The maximum Gasteiger partial charge on any atom is 0.335 e. The molecule has 0 fully saturated rings. The fraction of sp³-hybridized carbons (Fsp3) is 0. The van der Waals surface area contributed by atoms with E-state index in [4.69, 9.17) is 16.7 Å². The summed E-state index contributed by atoms with van der Waals surface area (Å²) in [6.45, 7) is 0. The number of carbonyl (C=O) groups is 1. The topological polar surface area (TPSA) is 87.1 Å². The molecule has 0 bridgehead atoms. The largest absolute Gasteiger partial charge is 0.478 e. The number of hydrogen-bond acceptors (Lipinski definition) is 5. The maximum absolute atomic E-state index is 13.2. The number of anilines is 4. The summed E-state index contributed by atoms with van der Waals surface area (Å²) >= 11 is 5.75. The van der Waals surface area contributed by atoms with E-state index in [2.05, 4.69) is 20.6 Å². The van der Waals surface area contributed by atoms with Gasteiger partial charge in [0.15, 0.2) is 0 Å². The predicted molar refractivity (Wildman–Crippen MR) is 93.4 cm³/mol. The smallest absolute Gasteiger partial charge is 0.335 e. The second kappa shape index (κ2) is 7.14. The number of hydrogen-bond donors (Lipinski definition) is 3. The second-order valence-corrected chi connectivity index (χ2v) is 5.46. The first-order valence-electron chi connectivity index (χ1n) is 7.16. The Hall–Kier alpha value is -3.19. The zero-order chi connectivity index (χ0) is 17.8. The van der Waals surface area contributed by atoms with E-state index < -0.39 is 11.8 Å². The van der Waals surface area contributed by atoms with Crippen LogP contribution >= 0.6 is 11.6 Å². The highest BCUT2D eigenvalue weighted by molar-refractivity contribution is 6.31. The second-order valence-electron chi connectivity index (χ2n) is 5.05. The molecule has 0 amide bonds. The highest BCUT2D eigenvalue weighted by Crippen LogP contribution is 2.23. The molecule has 1 heterocycles. The highest BCUT2D eigenvalue weighted by atomic mass is 35.5. The van der Waals surface area contributed by atoms with Gasteiger partial charge in [-0.25, -0.2) is 19.2 Å². The van der Waals surface area contributed by atoms with Gasteiger partial charge in [-0.15, -0.1) is 0 Å². The summed E-state index contributed by atoms with van der Waals surface area (Å²) in [4.78, 5) is 19.2. The van der Waals surface area contributed by atoms with Gasteiger partial charge in [0, 0.05) is 17.4 Å². The van der Waals surface area contributed by atoms with Crippen LogP contribution in [0.2, 0.25) is 5.02 Å². The van der Waals surface area contributed by atoms with Crippen LogP contribution in [0.3, 0.4) is 0 Å². The van der Waals surface area contributed by atoms with Crippen molar-refractivity contribution in [2.24, 2.45) is 0 Å². The average molecular weight is 359 g/mol. The first-order chi connectivity index (χ1) is 12.0. The van der Waals surface area contributed by atoms with Gasteiger partial charge in [0.1, 0.15) is 23.8 Å². The molecule has 0 unspecified atom stereocenters. The molecule has 126 valence electrons. The fourth-order valence-corrected chi connectivity index (χ4v) is 2.27. The molecule has 0 atom stereocenters. The molecule has 0 aliphatic carbocycles. The minimum atomic E-state index is -1.01. The van der Waals surface area contributed by atoms with Crippen molar-refractivity contribution in [3.63, 3.8) is 0 Å². The van der Waals surface area contributed by atoms with Gasteiger partial charge in [0.25, 0.3) is 0 Å². The van der Waals surface area contributed by atoms with Crippen LogP contribution in [-0.4, -0.2) is 21.0 Å². The first-order valence-corrected chi connectivity index (χ1v) is 7.53. The molecular formula is C17H12ClFN4O2. The minimum absolute atomic E-state index is 0.00268. The Labute approximate surface area is 147 Å². The van der Waals surface area contributed by atoms with Gasteiger partial charge in [-0.2, -0.15) is 0 Å². The Morgan fingerprint density at radius 3 is 2.32 bits per heavy atom. The van der Waals surface area contributed by atoms with Crippen LogP contribution in [-0.2, 0) is 0 Å². The minimum Gasteiger partial charge on any atom is -0.478 e. The van der Waals surface area contributed by atoms with Crippen LogP contribution in [0, 0.1) is 5.82 Å². The van der Waals surface area contributed by atoms with Gasteiger partial charge in [0.05, 0.1) is 10.6 Å². The molecule has 0 aliphatic heterocycles. The van der Waals surface area contributed by atoms with Crippen molar-refractivity contribution in [3.8, 4) is 0 Å². The lowest BCUT2D eigenvalue weighted by atomic mass is 10.2. The first kappa shape index (κ1) is 16.7. The molecule has 2 aromatic carbocycles. The summed E-state index contributed by atoms with van der Waals surface area (Å²) in [5, 5.41) is 15.0. The lowest BCUT2D eigenvalue weighted by Gasteiger charge is -2.09. The molecule has 0 spiro atoms. The van der Waals surface area contributed by atoms with E-state index >= 15 is 0 Å². The summed E-state index contributed by atoms with van der Waals surface area (Å²) in [6.07, 6.45) is 1.34. The molecule has 0 saturated heterocycles. The highest BCUT2D eigenvalue weighted by Gasteiger charge is 2.06. The summed E-state index contributed by atoms with van der Waals surface area (Å²) in [6, 6.07) is 12.2. The van der Waals surface area contributed by atoms with E-state index in [0.717, 1.165) is 0 Å². The lowest BCUT2D eigenvalue weighted by Crippen LogP contribution is -2.00. The van der Waals surface area contributed by atoms with Gasteiger partial charge in [-0.05, 0) is 36.4 Å². The summed E-state index contributed by atoms with van der Waals surface area (Å²) < 4.78 is 13.2. The summed E-state index contributed by atoms with van der Waals surface area (Å²) in [5.41, 5.74) is 1.32. The normalized spacial score (nSPS) is 10.3. The van der Waals surface area contributed by atoms with E-state index in [1.54, 1.807) is 18.2 Å². The van der Waals surface area contributed by atoms with Crippen LogP contribution in [0.5, 0.6) is 0 Å². The van der Waals surface area contributed by atoms with E-state index in [0.29, 0.717) is 23.0 Å². The maximum atomic E-state index is 13.2. The molecule has 3 N–H and O–H groups in total. The van der Waals surface area contributed by atoms with Crippen molar-refractivity contribution in [2.75, 3.05) is 10.6 Å². The van der Waals surface area contributed by atoms with Gasteiger partial charge >= 0.3 is 5.97 Å². The van der Waals surface area contributed by atoms with Crippen LogP contribution in [0.15, 0.2) is 54.9 Å². The third kappa shape index (κ3) is 4.21. The molecule has 0 aliphatic rings. The fourth-order valence-electron chi connectivity index (χ4n) is 2.09. The summed E-state index contributed by atoms with van der Waals surface area (Å²) in [5.74, 6) is -0.583. The number of carboxylic acid groups (broad SMARTS) is 1. The van der Waals surface area contributed by atoms with Crippen LogP contribution < -0.4 is 10.6 Å². The van der Waals surface area contributed by atoms with E-state index in [-0.39, 0.29) is 10.6 Å². The Kier molecular flexibility index (Phi) is 4.76. The monoisotopic (exact) mass is 358 g/mol. The van der Waals surface area contributed by atoms with E-state index in [9.17, 15) is 9.18 Å². The van der Waals surface area contributed by atoms with Crippen molar-refractivity contribution < 1.29 is 14.3 Å². The zero-order valence-corrected chi connectivity index (χ0v) is 13.5. The van der Waals surface area contributed by atoms with Gasteiger partial charge in [-0.3, -0.25) is 0 Å². The van der Waals surface area contributed by atoms with Gasteiger partial charge < -0.3 is 15.7 Å². The molecule has 1 aromatic heterocycles. The predicted octanol–water partition coefficient (Wildman–Crippen LogP) is 4.45. The number of rotatable bonds is 5. The molecule has 6 nitrogen and oxygen atoms in total.